The van der Waals surface area contributed by atoms with Crippen molar-refractivity contribution in [1.29, 1.82) is 0 Å². The van der Waals surface area contributed by atoms with Crippen LogP contribution in [-0.4, -0.2) is 93.0 Å². The number of rotatable bonds is 30. The molecule has 0 aliphatic carbocycles. The summed E-state index contributed by atoms with van der Waals surface area (Å²) in [7, 11) is 1.72. The zero-order valence-corrected chi connectivity index (χ0v) is 29.9. The molecule has 264 valence electrons. The third kappa shape index (κ3) is 21.0. The number of ether oxygens (including phenoxy) is 2. The zero-order valence-electron chi connectivity index (χ0n) is 29.9. The Balaban J connectivity index is 1.57. The van der Waals surface area contributed by atoms with Gasteiger partial charge in [0, 0.05) is 58.7 Å². The van der Waals surface area contributed by atoms with Gasteiger partial charge in [0.1, 0.15) is 12.0 Å². The Morgan fingerprint density at radius 1 is 0.717 bits per heavy atom. The van der Waals surface area contributed by atoms with Crippen molar-refractivity contribution in [2.75, 3.05) is 66.1 Å². The van der Waals surface area contributed by atoms with E-state index in [9.17, 15) is 9.59 Å². The number of unbranched alkanes of at least 4 members (excludes halogenated alkanes) is 15. The van der Waals surface area contributed by atoms with E-state index in [1.54, 1.807) is 7.11 Å². The molecular weight excluding hydrogens is 574 g/mol. The molecule has 7 nitrogen and oxygen atoms in total. The molecule has 1 saturated heterocycles. The quantitative estimate of drug-likeness (QED) is 0.0475. The average molecular weight is 644 g/mol. The van der Waals surface area contributed by atoms with E-state index in [4.69, 9.17) is 9.47 Å². The van der Waals surface area contributed by atoms with Gasteiger partial charge in [-0.1, -0.05) is 96.1 Å². The molecule has 0 amide bonds. The normalized spacial score (nSPS) is 14.2. The van der Waals surface area contributed by atoms with Crippen LogP contribution in [0.3, 0.4) is 0 Å². The van der Waals surface area contributed by atoms with Gasteiger partial charge < -0.3 is 19.2 Å². The van der Waals surface area contributed by atoms with Crippen LogP contribution in [0, 0.1) is 0 Å². The number of hydrogen-bond donors (Lipinski definition) is 0. The molecule has 0 saturated carbocycles. The zero-order chi connectivity index (χ0) is 32.9. The van der Waals surface area contributed by atoms with Gasteiger partial charge in [0.2, 0.25) is 0 Å². The van der Waals surface area contributed by atoms with Crippen LogP contribution < -0.4 is 4.74 Å². The SMILES string of the molecule is CCCCCCCCCOC(=O)CCCCCCCN(CCCCCCCC=O)CCN1CCN(Cc2ccc(OC)cc2)CC1. The van der Waals surface area contributed by atoms with E-state index in [0.29, 0.717) is 19.4 Å². The summed E-state index contributed by atoms with van der Waals surface area (Å²) >= 11 is 0. The van der Waals surface area contributed by atoms with Crippen LogP contribution in [0.15, 0.2) is 24.3 Å². The lowest BCUT2D eigenvalue weighted by Gasteiger charge is -2.36. The molecule has 46 heavy (non-hydrogen) atoms. The first-order valence-electron chi connectivity index (χ1n) is 19.0. The van der Waals surface area contributed by atoms with E-state index >= 15 is 0 Å². The fraction of sp³-hybridized carbons (Fsp3) is 0.795. The van der Waals surface area contributed by atoms with Gasteiger partial charge in [-0.05, 0) is 62.9 Å². The van der Waals surface area contributed by atoms with Crippen molar-refractivity contribution in [2.24, 2.45) is 0 Å². The second-order valence-corrected chi connectivity index (χ2v) is 13.4. The van der Waals surface area contributed by atoms with Gasteiger partial charge in [0.05, 0.1) is 13.7 Å². The topological polar surface area (TPSA) is 62.3 Å². The second-order valence-electron chi connectivity index (χ2n) is 13.4. The highest BCUT2D eigenvalue weighted by atomic mass is 16.5. The third-order valence-corrected chi connectivity index (χ3v) is 9.43. The Morgan fingerprint density at radius 2 is 1.28 bits per heavy atom. The fourth-order valence-corrected chi connectivity index (χ4v) is 6.32. The number of esters is 1. The van der Waals surface area contributed by atoms with Gasteiger partial charge in [0.25, 0.3) is 0 Å². The second kappa shape index (κ2) is 28.1. The van der Waals surface area contributed by atoms with Crippen LogP contribution in [0.2, 0.25) is 0 Å². The average Bonchev–Trinajstić information content (AvgIpc) is 3.08. The highest BCUT2D eigenvalue weighted by molar-refractivity contribution is 5.69. The summed E-state index contributed by atoms with van der Waals surface area (Å²) in [6.07, 6.45) is 22.7. The minimum absolute atomic E-state index is 0.00937. The first-order chi connectivity index (χ1) is 22.6. The van der Waals surface area contributed by atoms with E-state index in [-0.39, 0.29) is 5.97 Å². The van der Waals surface area contributed by atoms with Crippen molar-refractivity contribution in [3.63, 3.8) is 0 Å². The highest BCUT2D eigenvalue weighted by Gasteiger charge is 2.18. The van der Waals surface area contributed by atoms with Crippen molar-refractivity contribution in [3.05, 3.63) is 29.8 Å². The van der Waals surface area contributed by atoms with E-state index in [1.807, 2.05) is 0 Å². The van der Waals surface area contributed by atoms with Crippen molar-refractivity contribution in [3.8, 4) is 5.75 Å². The molecule has 0 radical (unpaired) electrons. The maximum Gasteiger partial charge on any atom is 0.305 e. The Hall–Kier alpha value is -1.96. The first-order valence-corrected chi connectivity index (χ1v) is 19.0. The smallest absolute Gasteiger partial charge is 0.305 e. The number of nitrogens with zero attached hydrogens (tertiary/aromatic N) is 3. The number of methoxy groups -OCH3 is 1. The Kier molecular flexibility index (Phi) is 24.6. The lowest BCUT2D eigenvalue weighted by molar-refractivity contribution is -0.143. The summed E-state index contributed by atoms with van der Waals surface area (Å²) in [5.74, 6) is 0.909. The van der Waals surface area contributed by atoms with Crippen LogP contribution in [0.5, 0.6) is 5.75 Å². The minimum Gasteiger partial charge on any atom is -0.497 e. The lowest BCUT2D eigenvalue weighted by Crippen LogP contribution is -2.48. The van der Waals surface area contributed by atoms with Gasteiger partial charge in [0.15, 0.2) is 0 Å². The molecule has 0 unspecified atom stereocenters. The molecule has 0 spiro atoms. The predicted molar refractivity (Wildman–Crippen MR) is 192 cm³/mol. The number of aldehydes is 1. The number of benzene rings is 1. The van der Waals surface area contributed by atoms with E-state index in [0.717, 1.165) is 83.5 Å². The van der Waals surface area contributed by atoms with E-state index in [1.165, 1.54) is 102 Å². The molecule has 2 rings (SSSR count). The largest absolute Gasteiger partial charge is 0.497 e. The molecular formula is C39H69N3O4. The molecule has 1 aliphatic rings. The number of carbonyl (C=O) groups excluding carboxylic acids is 2. The van der Waals surface area contributed by atoms with Crippen LogP contribution in [0.4, 0.5) is 0 Å². The summed E-state index contributed by atoms with van der Waals surface area (Å²) < 4.78 is 10.7. The Bertz CT molecular complexity index is 857. The first kappa shape index (κ1) is 40.2. The van der Waals surface area contributed by atoms with Crippen molar-refractivity contribution in [2.45, 2.75) is 135 Å². The fourth-order valence-electron chi connectivity index (χ4n) is 6.32. The Morgan fingerprint density at radius 3 is 1.91 bits per heavy atom. The van der Waals surface area contributed by atoms with Crippen LogP contribution >= 0.6 is 0 Å². The highest BCUT2D eigenvalue weighted by Crippen LogP contribution is 2.15. The summed E-state index contributed by atoms with van der Waals surface area (Å²) in [5, 5.41) is 0. The van der Waals surface area contributed by atoms with Gasteiger partial charge in [-0.15, -0.1) is 0 Å². The monoisotopic (exact) mass is 644 g/mol. The minimum atomic E-state index is -0.00937. The van der Waals surface area contributed by atoms with E-state index < -0.39 is 0 Å². The number of carbonyl (C=O) groups is 2. The molecule has 0 atom stereocenters. The molecule has 1 heterocycles. The molecule has 1 fully saturated rings. The molecule has 1 aromatic carbocycles. The van der Waals surface area contributed by atoms with Crippen LogP contribution in [0.1, 0.15) is 134 Å². The summed E-state index contributed by atoms with van der Waals surface area (Å²) in [4.78, 5) is 30.5. The standard InChI is InChI=1S/C39H69N3O4/c1-3-4-5-6-9-15-20-35-46-39(44)21-16-11-10-13-18-27-40(26-17-12-7-8-14-19-34-43)28-29-41-30-32-42(33-31-41)36-37-22-24-38(45-2)25-23-37/h22-25,34H,3-21,26-33,35-36H2,1-2H3. The van der Waals surface area contributed by atoms with E-state index in [2.05, 4.69) is 45.9 Å². The molecule has 7 heteroatoms. The molecule has 1 aliphatic heterocycles. The van der Waals surface area contributed by atoms with Crippen molar-refractivity contribution >= 4 is 12.3 Å². The summed E-state index contributed by atoms with van der Waals surface area (Å²) in [5.41, 5.74) is 1.35. The molecule has 0 bridgehead atoms. The van der Waals surface area contributed by atoms with Gasteiger partial charge >= 0.3 is 5.97 Å². The van der Waals surface area contributed by atoms with Gasteiger partial charge in [-0.3, -0.25) is 14.6 Å². The third-order valence-electron chi connectivity index (χ3n) is 9.43. The van der Waals surface area contributed by atoms with Gasteiger partial charge in [-0.25, -0.2) is 0 Å². The number of hydrogen-bond acceptors (Lipinski definition) is 7. The summed E-state index contributed by atoms with van der Waals surface area (Å²) in [6.45, 7) is 13.0. The Labute approximate surface area is 282 Å². The summed E-state index contributed by atoms with van der Waals surface area (Å²) in [6, 6.07) is 8.47. The van der Waals surface area contributed by atoms with Gasteiger partial charge in [-0.2, -0.15) is 0 Å². The van der Waals surface area contributed by atoms with Crippen molar-refractivity contribution < 1.29 is 19.1 Å². The molecule has 1 aromatic rings. The van der Waals surface area contributed by atoms with Crippen LogP contribution in [0.25, 0.3) is 0 Å². The molecule has 0 aromatic heterocycles. The molecule has 0 N–H and O–H groups in total. The van der Waals surface area contributed by atoms with Crippen molar-refractivity contribution in [1.82, 2.24) is 14.7 Å². The lowest BCUT2D eigenvalue weighted by atomic mass is 10.1. The maximum atomic E-state index is 12.1. The maximum absolute atomic E-state index is 12.1. The predicted octanol–water partition coefficient (Wildman–Crippen LogP) is 8.29. The van der Waals surface area contributed by atoms with Crippen LogP contribution in [-0.2, 0) is 20.9 Å². The number of piperazine rings is 1.